The Morgan fingerprint density at radius 2 is 1.56 bits per heavy atom. The summed E-state index contributed by atoms with van der Waals surface area (Å²) in [6.45, 7) is 2.31. The summed E-state index contributed by atoms with van der Waals surface area (Å²) >= 11 is 0. The highest BCUT2D eigenvalue weighted by atomic mass is 16.4. The minimum Gasteiger partial charge on any atom is -0.423 e. The Morgan fingerprint density at radius 3 is 2.06 bits per heavy atom. The predicted molar refractivity (Wildman–Crippen MR) is 65.1 cm³/mol. The van der Waals surface area contributed by atoms with E-state index in [1.165, 1.54) is 29.7 Å². The molecule has 0 fully saturated rings. The molecule has 0 aromatic heterocycles. The monoisotopic (exact) mass is 217 g/mol. The summed E-state index contributed by atoms with van der Waals surface area (Å²) in [5, 5.41) is 18.5. The van der Waals surface area contributed by atoms with Crippen molar-refractivity contribution in [2.24, 2.45) is 0 Å². The van der Waals surface area contributed by atoms with Crippen molar-refractivity contribution in [2.75, 3.05) is 18.0 Å². The maximum absolute atomic E-state index is 9.27. The number of rotatable bonds is 1. The van der Waals surface area contributed by atoms with Gasteiger partial charge >= 0.3 is 7.12 Å². The van der Waals surface area contributed by atoms with E-state index in [0.29, 0.717) is 5.46 Å². The fourth-order valence-electron chi connectivity index (χ4n) is 2.98. The highest BCUT2D eigenvalue weighted by molar-refractivity contribution is 6.58. The average Bonchev–Trinajstić information content (AvgIpc) is 2.29. The van der Waals surface area contributed by atoms with Crippen LogP contribution in [0.4, 0.5) is 5.69 Å². The van der Waals surface area contributed by atoms with Crippen molar-refractivity contribution in [2.45, 2.75) is 25.7 Å². The molecule has 1 aromatic carbocycles. The molecule has 2 N–H and O–H groups in total. The second-order valence-corrected chi connectivity index (χ2v) is 4.76. The maximum atomic E-state index is 9.27. The van der Waals surface area contributed by atoms with E-state index >= 15 is 0 Å². The molecule has 4 heteroatoms. The van der Waals surface area contributed by atoms with Crippen molar-refractivity contribution < 1.29 is 10.0 Å². The van der Waals surface area contributed by atoms with E-state index in [2.05, 4.69) is 4.90 Å². The smallest absolute Gasteiger partial charge is 0.423 e. The molecule has 2 aliphatic rings. The SMILES string of the molecule is OB(O)c1cc2c3c(c1)CCCN3CCC2. The van der Waals surface area contributed by atoms with Crippen molar-refractivity contribution in [3.8, 4) is 0 Å². The van der Waals surface area contributed by atoms with Crippen LogP contribution in [0.3, 0.4) is 0 Å². The topological polar surface area (TPSA) is 43.7 Å². The Morgan fingerprint density at radius 1 is 1.00 bits per heavy atom. The first-order valence-corrected chi connectivity index (χ1v) is 6.02. The van der Waals surface area contributed by atoms with Crippen LogP contribution in [0.15, 0.2) is 12.1 Å². The number of hydrogen-bond acceptors (Lipinski definition) is 3. The van der Waals surface area contributed by atoms with E-state index in [1.54, 1.807) is 0 Å². The molecule has 0 spiro atoms. The van der Waals surface area contributed by atoms with Gasteiger partial charge in [0.2, 0.25) is 0 Å². The molecular weight excluding hydrogens is 201 g/mol. The Balaban J connectivity index is 2.13. The first-order chi connectivity index (χ1) is 7.75. The van der Waals surface area contributed by atoms with Gasteiger partial charge in [0.15, 0.2) is 0 Å². The summed E-state index contributed by atoms with van der Waals surface area (Å²) in [6, 6.07) is 3.92. The van der Waals surface area contributed by atoms with Crippen LogP contribution in [-0.2, 0) is 12.8 Å². The van der Waals surface area contributed by atoms with Gasteiger partial charge in [0.05, 0.1) is 0 Å². The molecular formula is C12H16BNO2. The second kappa shape index (κ2) is 3.79. The van der Waals surface area contributed by atoms with Crippen molar-refractivity contribution in [1.29, 1.82) is 0 Å². The molecule has 0 bridgehead atoms. The van der Waals surface area contributed by atoms with Gasteiger partial charge in [-0.25, -0.2) is 0 Å². The average molecular weight is 217 g/mol. The fourth-order valence-corrected chi connectivity index (χ4v) is 2.98. The molecule has 0 saturated carbocycles. The molecule has 3 nitrogen and oxygen atoms in total. The van der Waals surface area contributed by atoms with E-state index < -0.39 is 7.12 Å². The van der Waals surface area contributed by atoms with Gasteiger partial charge in [-0.1, -0.05) is 12.1 Å². The lowest BCUT2D eigenvalue weighted by Crippen LogP contribution is -2.38. The lowest BCUT2D eigenvalue weighted by atomic mass is 9.76. The zero-order valence-electron chi connectivity index (χ0n) is 9.32. The molecule has 2 aliphatic heterocycles. The normalized spacial score (nSPS) is 18.2. The Hall–Kier alpha value is -0.995. The van der Waals surface area contributed by atoms with Crippen LogP contribution in [0.25, 0.3) is 0 Å². The minimum absolute atomic E-state index is 0.650. The third-order valence-corrected chi connectivity index (χ3v) is 3.65. The standard InChI is InChI=1S/C12H16BNO2/c15-13(16)11-7-9-3-1-5-14-6-2-4-10(8-11)12(9)14/h7-8,15-16H,1-6H2. The van der Waals surface area contributed by atoms with Gasteiger partial charge in [-0.15, -0.1) is 0 Å². The lowest BCUT2D eigenvalue weighted by Gasteiger charge is -2.37. The van der Waals surface area contributed by atoms with Crippen LogP contribution in [-0.4, -0.2) is 30.3 Å². The number of benzene rings is 1. The van der Waals surface area contributed by atoms with Crippen LogP contribution in [0.5, 0.6) is 0 Å². The summed E-state index contributed by atoms with van der Waals surface area (Å²) in [6.07, 6.45) is 4.49. The van der Waals surface area contributed by atoms with Gasteiger partial charge < -0.3 is 14.9 Å². The summed E-state index contributed by atoms with van der Waals surface area (Å²) in [4.78, 5) is 2.45. The molecule has 3 rings (SSSR count). The number of aryl methyl sites for hydroxylation is 2. The molecule has 2 heterocycles. The third-order valence-electron chi connectivity index (χ3n) is 3.65. The third kappa shape index (κ3) is 1.53. The highest BCUT2D eigenvalue weighted by Gasteiger charge is 2.25. The minimum atomic E-state index is -1.33. The van der Waals surface area contributed by atoms with Crippen molar-refractivity contribution in [1.82, 2.24) is 0 Å². The summed E-state index contributed by atoms with van der Waals surface area (Å²) < 4.78 is 0. The summed E-state index contributed by atoms with van der Waals surface area (Å²) in [5.41, 5.74) is 4.62. The quantitative estimate of drug-likeness (QED) is 0.654. The van der Waals surface area contributed by atoms with E-state index in [-0.39, 0.29) is 0 Å². The first-order valence-electron chi connectivity index (χ1n) is 6.02. The van der Waals surface area contributed by atoms with Gasteiger partial charge in [0.1, 0.15) is 0 Å². The summed E-state index contributed by atoms with van der Waals surface area (Å²) in [5.74, 6) is 0. The van der Waals surface area contributed by atoms with Gasteiger partial charge in [0, 0.05) is 18.8 Å². The molecule has 0 radical (unpaired) electrons. The van der Waals surface area contributed by atoms with Crippen LogP contribution >= 0.6 is 0 Å². The predicted octanol–water partition coefficient (Wildman–Crippen LogP) is 0.0652. The van der Waals surface area contributed by atoms with Crippen LogP contribution in [0.2, 0.25) is 0 Å². The zero-order chi connectivity index (χ0) is 11.1. The molecule has 16 heavy (non-hydrogen) atoms. The second-order valence-electron chi connectivity index (χ2n) is 4.76. The zero-order valence-corrected chi connectivity index (χ0v) is 9.32. The number of nitrogens with zero attached hydrogens (tertiary/aromatic N) is 1. The summed E-state index contributed by atoms with van der Waals surface area (Å²) in [7, 11) is -1.33. The Kier molecular flexibility index (Phi) is 2.41. The number of hydrogen-bond donors (Lipinski definition) is 2. The molecule has 0 amide bonds. The van der Waals surface area contributed by atoms with Gasteiger partial charge in [-0.05, 0) is 42.3 Å². The van der Waals surface area contributed by atoms with Gasteiger partial charge in [-0.3, -0.25) is 0 Å². The molecule has 84 valence electrons. The largest absolute Gasteiger partial charge is 0.488 e. The van der Waals surface area contributed by atoms with Crippen LogP contribution in [0, 0.1) is 0 Å². The van der Waals surface area contributed by atoms with E-state index in [4.69, 9.17) is 0 Å². The molecule has 0 aliphatic carbocycles. The Labute approximate surface area is 95.9 Å². The van der Waals surface area contributed by atoms with Crippen LogP contribution < -0.4 is 10.4 Å². The molecule has 0 unspecified atom stereocenters. The van der Waals surface area contributed by atoms with Crippen molar-refractivity contribution in [3.05, 3.63) is 23.3 Å². The molecule has 0 saturated heterocycles. The van der Waals surface area contributed by atoms with Crippen molar-refractivity contribution >= 4 is 18.3 Å². The van der Waals surface area contributed by atoms with Crippen LogP contribution in [0.1, 0.15) is 24.0 Å². The lowest BCUT2D eigenvalue weighted by molar-refractivity contribution is 0.425. The maximum Gasteiger partial charge on any atom is 0.488 e. The van der Waals surface area contributed by atoms with E-state index in [9.17, 15) is 10.0 Å². The highest BCUT2D eigenvalue weighted by Crippen LogP contribution is 2.34. The van der Waals surface area contributed by atoms with Gasteiger partial charge in [-0.2, -0.15) is 0 Å². The van der Waals surface area contributed by atoms with E-state index in [0.717, 1.165) is 25.9 Å². The molecule has 1 aromatic rings. The molecule has 0 atom stereocenters. The fraction of sp³-hybridized carbons (Fsp3) is 0.500. The Bertz CT molecular complexity index is 388. The number of anilines is 1. The first kappa shape index (κ1) is 10.2. The van der Waals surface area contributed by atoms with E-state index in [1.807, 2.05) is 12.1 Å². The van der Waals surface area contributed by atoms with Crippen molar-refractivity contribution in [3.63, 3.8) is 0 Å². The van der Waals surface area contributed by atoms with Gasteiger partial charge in [0.25, 0.3) is 0 Å².